The van der Waals surface area contributed by atoms with Gasteiger partial charge in [0.15, 0.2) is 0 Å². The highest BCUT2D eigenvalue weighted by molar-refractivity contribution is 5.81. The van der Waals surface area contributed by atoms with Gasteiger partial charge in [-0.05, 0) is 19.3 Å². The first-order chi connectivity index (χ1) is 12.2. The Morgan fingerprint density at radius 3 is 1.88 bits per heavy atom. The van der Waals surface area contributed by atoms with E-state index in [9.17, 15) is 10.1 Å². The van der Waals surface area contributed by atoms with Gasteiger partial charge in [0.25, 0.3) is 0 Å². The van der Waals surface area contributed by atoms with Gasteiger partial charge in [0.2, 0.25) is 0 Å². The van der Waals surface area contributed by atoms with Crippen LogP contribution in [0, 0.1) is 17.2 Å². The van der Waals surface area contributed by atoms with Gasteiger partial charge in [-0.1, -0.05) is 90.6 Å². The lowest BCUT2D eigenvalue weighted by Crippen LogP contribution is -2.01. The molecule has 0 spiro atoms. The highest BCUT2D eigenvalue weighted by atomic mass is 16.5. The largest absolute Gasteiger partial charge is 0.463 e. The summed E-state index contributed by atoms with van der Waals surface area (Å²) in [5.41, 5.74) is 0. The molecule has 0 saturated carbocycles. The summed E-state index contributed by atoms with van der Waals surface area (Å²) < 4.78 is 4.95. The summed E-state index contributed by atoms with van der Waals surface area (Å²) in [7, 11) is 0. The zero-order chi connectivity index (χ0) is 18.6. The maximum Gasteiger partial charge on any atom is 0.330 e. The van der Waals surface area contributed by atoms with E-state index in [2.05, 4.69) is 19.6 Å². The van der Waals surface area contributed by atoms with Crippen molar-refractivity contribution in [2.75, 3.05) is 6.61 Å². The summed E-state index contributed by atoms with van der Waals surface area (Å²) in [6.45, 7) is 6.12. The zero-order valence-corrected chi connectivity index (χ0v) is 16.4. The van der Waals surface area contributed by atoms with Crippen molar-refractivity contribution in [2.24, 2.45) is 5.92 Å². The van der Waals surface area contributed by atoms with Gasteiger partial charge in [-0.25, -0.2) is 4.79 Å². The Balaban J connectivity index is 3.36. The van der Waals surface area contributed by atoms with Gasteiger partial charge in [0.05, 0.1) is 12.7 Å². The normalized spacial score (nSPS) is 11.7. The number of carbonyl (C=O) groups excluding carboxylic acids is 1. The van der Waals surface area contributed by atoms with E-state index in [1.165, 1.54) is 76.7 Å². The van der Waals surface area contributed by atoms with Crippen molar-refractivity contribution >= 4 is 5.97 Å². The third-order valence-corrected chi connectivity index (χ3v) is 4.70. The molecule has 0 aromatic carbocycles. The molecule has 0 saturated heterocycles. The Bertz CT molecular complexity index is 360. The van der Waals surface area contributed by atoms with Crippen molar-refractivity contribution in [1.29, 1.82) is 5.26 Å². The second kappa shape index (κ2) is 19.0. The Hall–Kier alpha value is -1.30. The Labute approximate surface area is 155 Å². The highest BCUT2D eigenvalue weighted by Crippen LogP contribution is 2.18. The van der Waals surface area contributed by atoms with Crippen LogP contribution in [0.15, 0.2) is 12.7 Å². The van der Waals surface area contributed by atoms with Gasteiger partial charge in [0.1, 0.15) is 0 Å². The van der Waals surface area contributed by atoms with Crippen LogP contribution in [0.4, 0.5) is 0 Å². The molecule has 0 N–H and O–H groups in total. The number of hydrogen-bond acceptors (Lipinski definition) is 3. The number of rotatable bonds is 18. The average Bonchev–Trinajstić information content (AvgIpc) is 2.63. The predicted molar refractivity (Wildman–Crippen MR) is 105 cm³/mol. The minimum atomic E-state index is -0.330. The van der Waals surface area contributed by atoms with Crippen LogP contribution in [0.2, 0.25) is 0 Å². The summed E-state index contributed by atoms with van der Waals surface area (Å²) in [5.74, 6) is -0.0718. The second-order valence-corrected chi connectivity index (χ2v) is 7.02. The second-order valence-electron chi connectivity index (χ2n) is 7.02. The molecule has 0 heterocycles. The number of nitriles is 1. The van der Waals surface area contributed by atoms with E-state index in [1.807, 2.05) is 0 Å². The summed E-state index contributed by atoms with van der Waals surface area (Å²) in [6.07, 6.45) is 19.4. The number of ether oxygens (including phenoxy) is 1. The minimum absolute atomic E-state index is 0.258. The van der Waals surface area contributed by atoms with Crippen LogP contribution in [-0.4, -0.2) is 12.6 Å². The van der Waals surface area contributed by atoms with E-state index < -0.39 is 0 Å². The predicted octanol–water partition coefficient (Wildman–Crippen LogP) is 6.73. The fraction of sp³-hybridized carbons (Fsp3) is 0.818. The third kappa shape index (κ3) is 17.3. The molecule has 0 fully saturated rings. The van der Waals surface area contributed by atoms with Crippen LogP contribution in [0.5, 0.6) is 0 Å². The fourth-order valence-electron chi connectivity index (χ4n) is 3.05. The number of hydrogen-bond donors (Lipinski definition) is 0. The average molecular weight is 350 g/mol. The van der Waals surface area contributed by atoms with Crippen molar-refractivity contribution in [1.82, 2.24) is 0 Å². The smallest absolute Gasteiger partial charge is 0.330 e. The quantitative estimate of drug-likeness (QED) is 0.157. The van der Waals surface area contributed by atoms with E-state index in [0.29, 0.717) is 6.61 Å². The molecule has 0 rings (SSSR count). The molecule has 0 aromatic rings. The Kier molecular flexibility index (Phi) is 18.0. The molecular formula is C22H39NO2. The molecule has 1 atom stereocenters. The van der Waals surface area contributed by atoms with Crippen LogP contribution in [0.25, 0.3) is 0 Å². The number of nitrogens with zero attached hydrogens (tertiary/aromatic N) is 1. The van der Waals surface area contributed by atoms with Crippen molar-refractivity contribution in [3.8, 4) is 6.07 Å². The van der Waals surface area contributed by atoms with E-state index in [1.54, 1.807) is 0 Å². The van der Waals surface area contributed by atoms with Crippen LogP contribution in [0.3, 0.4) is 0 Å². The number of esters is 1. The number of unbranched alkanes of at least 4 members (excludes halogenated alkanes) is 11. The molecule has 0 radical (unpaired) electrons. The van der Waals surface area contributed by atoms with Gasteiger partial charge in [-0.2, -0.15) is 5.26 Å². The Morgan fingerprint density at radius 1 is 0.920 bits per heavy atom. The molecule has 1 unspecified atom stereocenters. The molecular weight excluding hydrogens is 310 g/mol. The summed E-state index contributed by atoms with van der Waals surface area (Å²) in [5, 5.41) is 9.27. The first-order valence-corrected chi connectivity index (χ1v) is 10.4. The Morgan fingerprint density at radius 2 is 1.40 bits per heavy atom. The topological polar surface area (TPSA) is 50.1 Å². The summed E-state index contributed by atoms with van der Waals surface area (Å²) >= 11 is 0. The first kappa shape index (κ1) is 23.7. The maximum atomic E-state index is 10.9. The summed E-state index contributed by atoms with van der Waals surface area (Å²) in [6, 6.07) is 2.49. The van der Waals surface area contributed by atoms with Crippen molar-refractivity contribution in [3.05, 3.63) is 12.7 Å². The van der Waals surface area contributed by atoms with Crippen molar-refractivity contribution in [3.63, 3.8) is 0 Å². The van der Waals surface area contributed by atoms with Crippen LogP contribution >= 0.6 is 0 Å². The van der Waals surface area contributed by atoms with Crippen molar-refractivity contribution < 1.29 is 9.53 Å². The summed E-state index contributed by atoms with van der Waals surface area (Å²) in [4.78, 5) is 10.9. The van der Waals surface area contributed by atoms with Crippen molar-refractivity contribution in [2.45, 2.75) is 103 Å². The monoisotopic (exact) mass is 349 g/mol. The molecule has 0 aliphatic rings. The third-order valence-electron chi connectivity index (χ3n) is 4.70. The first-order valence-electron chi connectivity index (χ1n) is 10.4. The van der Waals surface area contributed by atoms with Gasteiger partial charge < -0.3 is 4.74 Å². The standard InChI is InChI=1S/C22H39NO2/c1-3-5-6-7-8-11-14-17-21(20-23)18-15-12-9-10-13-16-19-25-22(24)4-2/h4,21H,2-3,5-19H2,1H3. The zero-order valence-electron chi connectivity index (χ0n) is 16.4. The molecule has 0 aliphatic heterocycles. The SMILES string of the molecule is C=CC(=O)OCCCCCCCCC(C#N)CCCCCCCCC. The molecule has 0 amide bonds. The van der Waals surface area contributed by atoms with E-state index in [-0.39, 0.29) is 11.9 Å². The van der Waals surface area contributed by atoms with Crippen LogP contribution < -0.4 is 0 Å². The van der Waals surface area contributed by atoms with Crippen LogP contribution in [-0.2, 0) is 9.53 Å². The molecule has 25 heavy (non-hydrogen) atoms. The van der Waals surface area contributed by atoms with E-state index in [4.69, 9.17) is 4.74 Å². The lowest BCUT2D eigenvalue weighted by molar-refractivity contribution is -0.137. The van der Waals surface area contributed by atoms with Crippen LogP contribution in [0.1, 0.15) is 103 Å². The molecule has 144 valence electrons. The van der Waals surface area contributed by atoms with E-state index in [0.717, 1.165) is 25.7 Å². The highest BCUT2D eigenvalue weighted by Gasteiger charge is 2.06. The van der Waals surface area contributed by atoms with Gasteiger partial charge in [-0.15, -0.1) is 0 Å². The van der Waals surface area contributed by atoms with Gasteiger partial charge >= 0.3 is 5.97 Å². The van der Waals surface area contributed by atoms with Gasteiger partial charge in [0, 0.05) is 12.0 Å². The number of carbonyl (C=O) groups is 1. The molecule has 0 aliphatic carbocycles. The van der Waals surface area contributed by atoms with Gasteiger partial charge in [-0.3, -0.25) is 0 Å². The molecule has 0 bridgehead atoms. The molecule has 3 heteroatoms. The minimum Gasteiger partial charge on any atom is -0.463 e. The lowest BCUT2D eigenvalue weighted by atomic mass is 9.95. The van der Waals surface area contributed by atoms with E-state index >= 15 is 0 Å². The fourth-order valence-corrected chi connectivity index (χ4v) is 3.05. The molecule has 0 aromatic heterocycles. The molecule has 3 nitrogen and oxygen atoms in total. The lowest BCUT2D eigenvalue weighted by Gasteiger charge is -2.09. The maximum absolute atomic E-state index is 10.9.